The Morgan fingerprint density at radius 1 is 1.13 bits per heavy atom. The molecule has 8 nitrogen and oxygen atoms in total. The number of esters is 1. The van der Waals surface area contributed by atoms with Crippen LogP contribution in [0.25, 0.3) is 10.2 Å². The van der Waals surface area contributed by atoms with Crippen LogP contribution in [0.15, 0.2) is 52.4 Å². The Kier molecular flexibility index (Phi) is 6.86. The Morgan fingerprint density at radius 2 is 1.84 bits per heavy atom. The van der Waals surface area contributed by atoms with Crippen LogP contribution in [0.1, 0.15) is 6.42 Å². The van der Waals surface area contributed by atoms with E-state index in [2.05, 4.69) is 9.73 Å². The topological polar surface area (TPSA) is 104 Å². The van der Waals surface area contributed by atoms with Gasteiger partial charge in [0, 0.05) is 6.42 Å². The Hall–Kier alpha value is -3.05. The van der Waals surface area contributed by atoms with Gasteiger partial charge in [-0.1, -0.05) is 17.4 Å². The number of carbonyl (C=O) groups is 2. The van der Waals surface area contributed by atoms with Gasteiger partial charge < -0.3 is 14.0 Å². The van der Waals surface area contributed by atoms with Crippen LogP contribution in [0.4, 0.5) is 4.39 Å². The van der Waals surface area contributed by atoms with Crippen LogP contribution in [-0.4, -0.2) is 44.8 Å². The van der Waals surface area contributed by atoms with Gasteiger partial charge in [-0.15, -0.1) is 0 Å². The van der Waals surface area contributed by atoms with Gasteiger partial charge >= 0.3 is 5.97 Å². The van der Waals surface area contributed by atoms with Crippen LogP contribution in [0.5, 0.6) is 5.75 Å². The normalized spacial score (nSPS) is 12.2. The van der Waals surface area contributed by atoms with Crippen molar-refractivity contribution in [2.45, 2.75) is 17.9 Å². The van der Waals surface area contributed by atoms with Crippen molar-refractivity contribution in [3.8, 4) is 5.75 Å². The second-order valence-corrected chi connectivity index (χ2v) is 9.50. The predicted octanol–water partition coefficient (Wildman–Crippen LogP) is 2.31. The molecule has 3 aromatic rings. The number of sulfone groups is 1. The van der Waals surface area contributed by atoms with Gasteiger partial charge in [0.25, 0.3) is 0 Å². The van der Waals surface area contributed by atoms with E-state index in [1.54, 1.807) is 6.07 Å². The minimum atomic E-state index is -3.71. The lowest BCUT2D eigenvalue weighted by Crippen LogP contribution is -2.23. The van der Waals surface area contributed by atoms with Gasteiger partial charge in [0.2, 0.25) is 5.91 Å². The molecule has 164 valence electrons. The summed E-state index contributed by atoms with van der Waals surface area (Å²) in [4.78, 5) is 28.2. The molecule has 0 aliphatic heterocycles. The molecule has 3 rings (SSSR count). The zero-order chi connectivity index (χ0) is 22.6. The molecule has 0 N–H and O–H groups in total. The molecule has 31 heavy (non-hydrogen) atoms. The fourth-order valence-electron chi connectivity index (χ4n) is 2.80. The molecule has 2 aromatic carbocycles. The van der Waals surface area contributed by atoms with Gasteiger partial charge in [0.15, 0.2) is 14.6 Å². The SMILES string of the molecule is COC(=O)Cn1c(=NC(=O)CCS(=O)(=O)c2ccc(OC)cc2)sc2cccc(F)c21. The lowest BCUT2D eigenvalue weighted by atomic mass is 10.3. The summed E-state index contributed by atoms with van der Waals surface area (Å²) >= 11 is 1.02. The number of para-hydroxylation sites is 1. The number of fused-ring (bicyclic) bond motifs is 1. The highest BCUT2D eigenvalue weighted by Crippen LogP contribution is 2.21. The van der Waals surface area contributed by atoms with E-state index in [1.165, 1.54) is 55.2 Å². The van der Waals surface area contributed by atoms with Gasteiger partial charge in [-0.25, -0.2) is 12.8 Å². The number of amides is 1. The van der Waals surface area contributed by atoms with Gasteiger partial charge in [-0.3, -0.25) is 9.59 Å². The number of rotatable bonds is 7. The third-order valence-corrected chi connectivity index (χ3v) is 7.17. The number of methoxy groups -OCH3 is 2. The van der Waals surface area contributed by atoms with Crippen LogP contribution < -0.4 is 9.54 Å². The standard InChI is InChI=1S/C20H19FN2O6S2/c1-28-13-6-8-14(9-7-13)31(26,27)11-10-17(24)22-20-23(12-18(25)29-2)19-15(21)4-3-5-16(19)30-20/h3-9H,10-12H2,1-2H3. The molecule has 0 saturated heterocycles. The summed E-state index contributed by atoms with van der Waals surface area (Å²) in [7, 11) is -1.05. The van der Waals surface area contributed by atoms with Crippen molar-refractivity contribution in [1.29, 1.82) is 0 Å². The monoisotopic (exact) mass is 466 g/mol. The summed E-state index contributed by atoms with van der Waals surface area (Å²) < 4.78 is 50.6. The quantitative estimate of drug-likeness (QED) is 0.495. The van der Waals surface area contributed by atoms with Crippen LogP contribution in [0.3, 0.4) is 0 Å². The second kappa shape index (κ2) is 9.40. The lowest BCUT2D eigenvalue weighted by molar-refractivity contribution is -0.141. The lowest BCUT2D eigenvalue weighted by Gasteiger charge is -2.05. The first-order chi connectivity index (χ1) is 14.7. The summed E-state index contributed by atoms with van der Waals surface area (Å²) in [6.45, 7) is -0.340. The molecular formula is C20H19FN2O6S2. The molecule has 0 aliphatic carbocycles. The summed E-state index contributed by atoms with van der Waals surface area (Å²) in [5, 5.41) is 0. The van der Waals surface area contributed by atoms with E-state index in [4.69, 9.17) is 4.74 Å². The number of aromatic nitrogens is 1. The summed E-state index contributed by atoms with van der Waals surface area (Å²) in [6, 6.07) is 10.2. The first kappa shape index (κ1) is 22.6. The fourth-order valence-corrected chi connectivity index (χ4v) is 5.09. The van der Waals surface area contributed by atoms with E-state index < -0.39 is 33.3 Å². The first-order valence-electron chi connectivity index (χ1n) is 9.04. The molecule has 1 heterocycles. The number of halogens is 1. The van der Waals surface area contributed by atoms with Crippen molar-refractivity contribution in [2.24, 2.45) is 4.99 Å². The van der Waals surface area contributed by atoms with Crippen molar-refractivity contribution in [3.05, 3.63) is 53.1 Å². The molecule has 1 amide bonds. The van der Waals surface area contributed by atoms with Gasteiger partial charge in [-0.05, 0) is 36.4 Å². The molecule has 0 radical (unpaired) electrons. The molecule has 11 heteroatoms. The molecule has 0 atom stereocenters. The minimum Gasteiger partial charge on any atom is -0.497 e. The Bertz CT molecular complexity index is 1290. The third-order valence-electron chi connectivity index (χ3n) is 4.39. The van der Waals surface area contributed by atoms with Gasteiger partial charge in [0.05, 0.1) is 35.1 Å². The number of nitrogens with zero attached hydrogens (tertiary/aromatic N) is 2. The summed E-state index contributed by atoms with van der Waals surface area (Å²) in [5.74, 6) is -1.86. The minimum absolute atomic E-state index is 0.0609. The zero-order valence-corrected chi connectivity index (χ0v) is 18.3. The largest absolute Gasteiger partial charge is 0.497 e. The molecule has 1 aromatic heterocycles. The molecule has 0 aliphatic rings. The molecule has 0 unspecified atom stereocenters. The average Bonchev–Trinajstić information content (AvgIpc) is 3.10. The van der Waals surface area contributed by atoms with Crippen LogP contribution in [-0.2, 0) is 30.7 Å². The van der Waals surface area contributed by atoms with Crippen molar-refractivity contribution in [1.82, 2.24) is 4.57 Å². The summed E-state index contributed by atoms with van der Waals surface area (Å²) in [6.07, 6.45) is -0.372. The number of hydrogen-bond acceptors (Lipinski definition) is 7. The fraction of sp³-hybridized carbons (Fsp3) is 0.250. The summed E-state index contributed by atoms with van der Waals surface area (Å²) in [5.41, 5.74) is 0.121. The van der Waals surface area contributed by atoms with E-state index in [0.717, 1.165) is 11.3 Å². The Balaban J connectivity index is 1.87. The van der Waals surface area contributed by atoms with E-state index >= 15 is 0 Å². The Labute approximate surface area is 181 Å². The predicted molar refractivity (Wildman–Crippen MR) is 112 cm³/mol. The molecule has 0 saturated carbocycles. The zero-order valence-electron chi connectivity index (χ0n) is 16.7. The van der Waals surface area contributed by atoms with Gasteiger partial charge in [0.1, 0.15) is 18.1 Å². The van der Waals surface area contributed by atoms with E-state index in [0.29, 0.717) is 10.4 Å². The number of ether oxygens (including phenoxy) is 2. The second-order valence-electron chi connectivity index (χ2n) is 6.38. The molecule has 0 fully saturated rings. The molecule has 0 spiro atoms. The highest BCUT2D eigenvalue weighted by molar-refractivity contribution is 7.91. The highest BCUT2D eigenvalue weighted by Gasteiger charge is 2.18. The number of hydrogen-bond donors (Lipinski definition) is 0. The van der Waals surface area contributed by atoms with Crippen LogP contribution >= 0.6 is 11.3 Å². The van der Waals surface area contributed by atoms with Crippen molar-refractivity contribution in [3.63, 3.8) is 0 Å². The third kappa shape index (κ3) is 5.17. The van der Waals surface area contributed by atoms with E-state index in [1.807, 2.05) is 0 Å². The van der Waals surface area contributed by atoms with Gasteiger partial charge in [-0.2, -0.15) is 4.99 Å². The van der Waals surface area contributed by atoms with Crippen molar-refractivity contribution < 1.29 is 31.9 Å². The number of thiazole rings is 1. The van der Waals surface area contributed by atoms with Crippen molar-refractivity contribution in [2.75, 3.05) is 20.0 Å². The molecule has 0 bridgehead atoms. The van der Waals surface area contributed by atoms with E-state index in [9.17, 15) is 22.4 Å². The Morgan fingerprint density at radius 3 is 2.48 bits per heavy atom. The van der Waals surface area contributed by atoms with Crippen molar-refractivity contribution >= 4 is 43.3 Å². The maximum atomic E-state index is 14.3. The van der Waals surface area contributed by atoms with Crippen LogP contribution in [0, 0.1) is 5.82 Å². The maximum absolute atomic E-state index is 14.3. The van der Waals surface area contributed by atoms with E-state index in [-0.39, 0.29) is 28.2 Å². The number of carbonyl (C=O) groups excluding carboxylic acids is 2. The number of benzene rings is 2. The first-order valence-corrected chi connectivity index (χ1v) is 11.5. The average molecular weight is 467 g/mol. The highest BCUT2D eigenvalue weighted by atomic mass is 32.2. The van der Waals surface area contributed by atoms with Crippen LogP contribution in [0.2, 0.25) is 0 Å². The maximum Gasteiger partial charge on any atom is 0.325 e. The smallest absolute Gasteiger partial charge is 0.325 e. The molecular weight excluding hydrogens is 447 g/mol.